The molecule has 0 saturated carbocycles. The lowest BCUT2D eigenvalue weighted by atomic mass is 10.2. The SMILES string of the molecule is O=S(=O)(NCc1ccccc1F)c1ccc(Br)s1. The highest BCUT2D eigenvalue weighted by atomic mass is 79.9. The summed E-state index contributed by atoms with van der Waals surface area (Å²) in [5, 5.41) is 0. The zero-order valence-electron chi connectivity index (χ0n) is 9.06. The van der Waals surface area contributed by atoms with E-state index in [4.69, 9.17) is 0 Å². The van der Waals surface area contributed by atoms with E-state index < -0.39 is 15.8 Å². The lowest BCUT2D eigenvalue weighted by Crippen LogP contribution is -2.22. The van der Waals surface area contributed by atoms with Gasteiger partial charge in [0, 0.05) is 12.1 Å². The number of benzene rings is 1. The third-order valence-corrected chi connectivity index (χ3v) is 5.74. The minimum atomic E-state index is -3.58. The van der Waals surface area contributed by atoms with E-state index in [-0.39, 0.29) is 10.8 Å². The van der Waals surface area contributed by atoms with Gasteiger partial charge in [-0.1, -0.05) is 18.2 Å². The quantitative estimate of drug-likeness (QED) is 0.921. The fourth-order valence-corrected chi connectivity index (χ4v) is 4.39. The van der Waals surface area contributed by atoms with Crippen molar-refractivity contribution >= 4 is 37.3 Å². The van der Waals surface area contributed by atoms with E-state index in [0.29, 0.717) is 5.56 Å². The van der Waals surface area contributed by atoms with Crippen LogP contribution < -0.4 is 4.72 Å². The monoisotopic (exact) mass is 349 g/mol. The summed E-state index contributed by atoms with van der Waals surface area (Å²) in [6.45, 7) is -0.0650. The highest BCUT2D eigenvalue weighted by Gasteiger charge is 2.16. The third-order valence-electron chi connectivity index (χ3n) is 2.22. The van der Waals surface area contributed by atoms with Gasteiger partial charge in [0.1, 0.15) is 10.0 Å². The molecule has 18 heavy (non-hydrogen) atoms. The van der Waals surface area contributed by atoms with Crippen LogP contribution in [0.5, 0.6) is 0 Å². The maximum absolute atomic E-state index is 13.3. The summed E-state index contributed by atoms with van der Waals surface area (Å²) < 4.78 is 40.4. The molecule has 0 atom stereocenters. The third kappa shape index (κ3) is 3.17. The van der Waals surface area contributed by atoms with Crippen LogP contribution >= 0.6 is 27.3 Å². The van der Waals surface area contributed by atoms with Gasteiger partial charge in [0.15, 0.2) is 0 Å². The van der Waals surface area contributed by atoms with Crippen LogP contribution in [0.2, 0.25) is 0 Å². The summed E-state index contributed by atoms with van der Waals surface area (Å²) in [5.74, 6) is -0.424. The van der Waals surface area contributed by atoms with Crippen molar-refractivity contribution < 1.29 is 12.8 Å². The fourth-order valence-electron chi connectivity index (χ4n) is 1.33. The van der Waals surface area contributed by atoms with Crippen LogP contribution in [0.25, 0.3) is 0 Å². The molecule has 0 aliphatic rings. The summed E-state index contributed by atoms with van der Waals surface area (Å²) in [5.41, 5.74) is 0.316. The fraction of sp³-hybridized carbons (Fsp3) is 0.0909. The summed E-state index contributed by atoms with van der Waals surface area (Å²) in [7, 11) is -3.58. The Morgan fingerprint density at radius 3 is 2.56 bits per heavy atom. The molecule has 96 valence electrons. The largest absolute Gasteiger partial charge is 0.250 e. The Hall–Kier alpha value is -0.760. The molecule has 0 bridgehead atoms. The van der Waals surface area contributed by atoms with Crippen molar-refractivity contribution in [2.45, 2.75) is 10.8 Å². The standard InChI is InChI=1S/C11H9BrFNO2S2/c12-10-5-6-11(17-10)18(15,16)14-7-8-3-1-2-4-9(8)13/h1-6,14H,7H2. The minimum Gasteiger partial charge on any atom is -0.207 e. The first kappa shape index (κ1) is 13.7. The molecule has 1 N–H and O–H groups in total. The van der Waals surface area contributed by atoms with Crippen molar-refractivity contribution in [3.05, 3.63) is 51.6 Å². The van der Waals surface area contributed by atoms with Crippen LogP contribution in [-0.4, -0.2) is 8.42 Å². The van der Waals surface area contributed by atoms with Gasteiger partial charge in [0.2, 0.25) is 10.0 Å². The average molecular weight is 350 g/mol. The van der Waals surface area contributed by atoms with Gasteiger partial charge < -0.3 is 0 Å². The predicted molar refractivity (Wildman–Crippen MR) is 72.4 cm³/mol. The van der Waals surface area contributed by atoms with Crippen molar-refractivity contribution in [1.82, 2.24) is 4.72 Å². The molecule has 3 nitrogen and oxygen atoms in total. The maximum atomic E-state index is 13.3. The minimum absolute atomic E-state index is 0.0650. The number of hydrogen-bond acceptors (Lipinski definition) is 3. The van der Waals surface area contributed by atoms with Crippen molar-refractivity contribution in [2.75, 3.05) is 0 Å². The Kier molecular flexibility index (Phi) is 4.16. The van der Waals surface area contributed by atoms with Crippen molar-refractivity contribution in [3.63, 3.8) is 0 Å². The number of nitrogens with one attached hydrogen (secondary N) is 1. The lowest BCUT2D eigenvalue weighted by molar-refractivity contribution is 0.576. The van der Waals surface area contributed by atoms with Gasteiger partial charge in [0.25, 0.3) is 0 Å². The summed E-state index contributed by atoms with van der Waals surface area (Å²) in [4.78, 5) is 0. The van der Waals surface area contributed by atoms with E-state index in [1.54, 1.807) is 24.3 Å². The molecule has 0 amide bonds. The van der Waals surface area contributed by atoms with Gasteiger partial charge in [-0.25, -0.2) is 17.5 Å². The van der Waals surface area contributed by atoms with Gasteiger partial charge in [-0.05, 0) is 34.1 Å². The molecule has 1 aromatic carbocycles. The predicted octanol–water partition coefficient (Wildman–Crippen LogP) is 3.13. The second kappa shape index (κ2) is 5.48. The Balaban J connectivity index is 2.13. The molecule has 2 rings (SSSR count). The smallest absolute Gasteiger partial charge is 0.207 e. The first-order chi connectivity index (χ1) is 8.49. The molecule has 0 saturated heterocycles. The van der Waals surface area contributed by atoms with Gasteiger partial charge in [-0.15, -0.1) is 11.3 Å². The van der Waals surface area contributed by atoms with Crippen LogP contribution in [0.1, 0.15) is 5.56 Å². The molecule has 0 aliphatic heterocycles. The van der Waals surface area contributed by atoms with Crippen molar-refractivity contribution in [1.29, 1.82) is 0 Å². The molecule has 1 aromatic heterocycles. The topological polar surface area (TPSA) is 46.2 Å². The van der Waals surface area contributed by atoms with Gasteiger partial charge in [-0.2, -0.15) is 0 Å². The van der Waals surface area contributed by atoms with Gasteiger partial charge in [-0.3, -0.25) is 0 Å². The molecule has 7 heteroatoms. The highest BCUT2D eigenvalue weighted by molar-refractivity contribution is 9.11. The van der Waals surface area contributed by atoms with E-state index in [2.05, 4.69) is 20.7 Å². The molecule has 0 fully saturated rings. The average Bonchev–Trinajstić information content (AvgIpc) is 2.76. The molecule has 0 radical (unpaired) electrons. The number of rotatable bonds is 4. The second-order valence-corrected chi connectivity index (χ2v) is 7.93. The number of thiophene rings is 1. The zero-order valence-corrected chi connectivity index (χ0v) is 12.3. The van der Waals surface area contributed by atoms with Crippen LogP contribution in [0.4, 0.5) is 4.39 Å². The molecule has 0 aliphatic carbocycles. The van der Waals surface area contributed by atoms with Crippen LogP contribution in [-0.2, 0) is 16.6 Å². The Morgan fingerprint density at radius 1 is 1.22 bits per heavy atom. The van der Waals surface area contributed by atoms with E-state index in [1.807, 2.05) is 0 Å². The van der Waals surface area contributed by atoms with Gasteiger partial charge in [0.05, 0.1) is 3.79 Å². The van der Waals surface area contributed by atoms with E-state index in [0.717, 1.165) is 15.1 Å². The van der Waals surface area contributed by atoms with Gasteiger partial charge >= 0.3 is 0 Å². The molecule has 1 heterocycles. The van der Waals surface area contributed by atoms with Crippen molar-refractivity contribution in [3.8, 4) is 0 Å². The summed E-state index contributed by atoms with van der Waals surface area (Å²) in [6.07, 6.45) is 0. The maximum Gasteiger partial charge on any atom is 0.250 e. The molecular formula is C11H9BrFNO2S2. The highest BCUT2D eigenvalue weighted by Crippen LogP contribution is 2.25. The number of halogens is 2. The zero-order chi connectivity index (χ0) is 13.2. The summed E-state index contributed by atoms with van der Waals surface area (Å²) in [6, 6.07) is 9.21. The number of hydrogen-bond donors (Lipinski definition) is 1. The van der Waals surface area contributed by atoms with Crippen LogP contribution in [0.3, 0.4) is 0 Å². The van der Waals surface area contributed by atoms with Crippen LogP contribution in [0.15, 0.2) is 44.4 Å². The van der Waals surface area contributed by atoms with E-state index in [1.165, 1.54) is 12.1 Å². The first-order valence-corrected chi connectivity index (χ1v) is 8.07. The molecule has 2 aromatic rings. The van der Waals surface area contributed by atoms with E-state index >= 15 is 0 Å². The normalized spacial score (nSPS) is 11.7. The first-order valence-electron chi connectivity index (χ1n) is 4.97. The van der Waals surface area contributed by atoms with Crippen molar-refractivity contribution in [2.24, 2.45) is 0 Å². The second-order valence-electron chi connectivity index (χ2n) is 3.47. The lowest BCUT2D eigenvalue weighted by Gasteiger charge is -2.05. The number of sulfonamides is 1. The molecule has 0 unspecified atom stereocenters. The molecular weight excluding hydrogens is 341 g/mol. The summed E-state index contributed by atoms with van der Waals surface area (Å²) >= 11 is 4.31. The van der Waals surface area contributed by atoms with Crippen LogP contribution in [0, 0.1) is 5.82 Å². The Morgan fingerprint density at radius 2 is 1.94 bits per heavy atom. The van der Waals surface area contributed by atoms with E-state index in [9.17, 15) is 12.8 Å². The Bertz CT molecular complexity index is 655. The molecule has 0 spiro atoms. The Labute approximate surface area is 117 Å².